The summed E-state index contributed by atoms with van der Waals surface area (Å²) in [5.74, 6) is 1.20. The summed E-state index contributed by atoms with van der Waals surface area (Å²) < 4.78 is 1.98. The highest BCUT2D eigenvalue weighted by Gasteiger charge is 2.36. The number of fused-ring (bicyclic) bond motifs is 1. The molecule has 0 radical (unpaired) electrons. The molecule has 2 aromatic rings. The molecule has 2 aliphatic heterocycles. The predicted molar refractivity (Wildman–Crippen MR) is 88.4 cm³/mol. The van der Waals surface area contributed by atoms with Gasteiger partial charge in [0.05, 0.1) is 6.20 Å². The van der Waals surface area contributed by atoms with Crippen molar-refractivity contribution in [1.29, 1.82) is 0 Å². The molecule has 0 aliphatic carbocycles. The highest BCUT2D eigenvalue weighted by molar-refractivity contribution is 5.52. The van der Waals surface area contributed by atoms with Crippen LogP contribution in [0, 0.1) is 0 Å². The largest absolute Gasteiger partial charge is 0.353 e. The van der Waals surface area contributed by atoms with Crippen LogP contribution in [-0.2, 0) is 6.42 Å². The minimum Gasteiger partial charge on any atom is -0.353 e. The van der Waals surface area contributed by atoms with E-state index in [9.17, 15) is 0 Å². The van der Waals surface area contributed by atoms with Gasteiger partial charge in [-0.2, -0.15) is 9.61 Å². The van der Waals surface area contributed by atoms with Gasteiger partial charge in [-0.3, -0.25) is 4.90 Å². The molecular weight excluding hydrogens is 274 g/mol. The number of hydrogen-bond donors (Lipinski definition) is 0. The molecule has 2 saturated heterocycles. The number of aromatic nitrogens is 3. The zero-order valence-electron chi connectivity index (χ0n) is 13.6. The highest BCUT2D eigenvalue weighted by Crippen LogP contribution is 2.28. The average molecular weight is 299 g/mol. The van der Waals surface area contributed by atoms with Gasteiger partial charge in [-0.25, -0.2) is 4.98 Å². The second-order valence-electron chi connectivity index (χ2n) is 6.70. The van der Waals surface area contributed by atoms with E-state index in [2.05, 4.69) is 39.8 Å². The van der Waals surface area contributed by atoms with Crippen molar-refractivity contribution in [2.24, 2.45) is 0 Å². The van der Waals surface area contributed by atoms with E-state index < -0.39 is 0 Å². The number of likely N-dealkylation sites (tertiary alicyclic amines) is 1. The first kappa shape index (κ1) is 14.0. The molecule has 4 heterocycles. The maximum absolute atomic E-state index is 4.64. The maximum atomic E-state index is 4.64. The van der Waals surface area contributed by atoms with Crippen LogP contribution < -0.4 is 4.90 Å². The Kier molecular flexibility index (Phi) is 3.53. The fraction of sp³-hybridized carbons (Fsp3) is 0.647. The topological polar surface area (TPSA) is 36.7 Å². The van der Waals surface area contributed by atoms with E-state index in [1.165, 1.54) is 31.6 Å². The van der Waals surface area contributed by atoms with Crippen LogP contribution in [0.1, 0.15) is 38.8 Å². The van der Waals surface area contributed by atoms with E-state index in [-0.39, 0.29) is 0 Å². The molecule has 0 bridgehead atoms. The average Bonchev–Trinajstić information content (AvgIpc) is 2.95. The third-order valence-electron chi connectivity index (χ3n) is 5.27. The zero-order valence-corrected chi connectivity index (χ0v) is 13.6. The third kappa shape index (κ3) is 2.28. The minimum atomic E-state index is 0.708. The summed E-state index contributed by atoms with van der Waals surface area (Å²) in [5.41, 5.74) is 2.11. The van der Waals surface area contributed by atoms with Crippen molar-refractivity contribution in [2.75, 3.05) is 24.5 Å². The van der Waals surface area contributed by atoms with Gasteiger partial charge in [-0.15, -0.1) is 0 Å². The van der Waals surface area contributed by atoms with Crippen LogP contribution in [0.4, 0.5) is 5.82 Å². The molecule has 0 aromatic carbocycles. The fourth-order valence-corrected chi connectivity index (χ4v) is 3.87. The van der Waals surface area contributed by atoms with Crippen LogP contribution in [0.5, 0.6) is 0 Å². The first-order chi connectivity index (χ1) is 10.8. The normalized spacial score (nSPS) is 23.9. The SMILES string of the molecule is CCc1cc(N2CC(N3CCCC[C@H]3C)C2)n2nccc2n1. The second kappa shape index (κ2) is 5.54. The number of aryl methyl sites for hydroxylation is 1. The molecule has 0 spiro atoms. The number of piperidine rings is 1. The van der Waals surface area contributed by atoms with Gasteiger partial charge in [0.2, 0.25) is 0 Å². The van der Waals surface area contributed by atoms with Crippen molar-refractivity contribution in [2.45, 2.75) is 51.6 Å². The molecule has 0 saturated carbocycles. The Bertz CT molecular complexity index is 658. The lowest BCUT2D eigenvalue weighted by Crippen LogP contribution is -2.62. The van der Waals surface area contributed by atoms with E-state index in [0.717, 1.165) is 36.9 Å². The second-order valence-corrected chi connectivity index (χ2v) is 6.70. The molecule has 0 amide bonds. The van der Waals surface area contributed by atoms with Crippen molar-refractivity contribution >= 4 is 11.5 Å². The van der Waals surface area contributed by atoms with E-state index in [0.29, 0.717) is 6.04 Å². The minimum absolute atomic E-state index is 0.708. The summed E-state index contributed by atoms with van der Waals surface area (Å²) in [4.78, 5) is 9.80. The lowest BCUT2D eigenvalue weighted by Gasteiger charge is -2.50. The third-order valence-corrected chi connectivity index (χ3v) is 5.27. The molecule has 5 nitrogen and oxygen atoms in total. The summed E-state index contributed by atoms with van der Waals surface area (Å²) in [6.45, 7) is 8.05. The highest BCUT2D eigenvalue weighted by atomic mass is 15.4. The van der Waals surface area contributed by atoms with Crippen LogP contribution in [0.2, 0.25) is 0 Å². The fourth-order valence-electron chi connectivity index (χ4n) is 3.87. The first-order valence-electron chi connectivity index (χ1n) is 8.60. The van der Waals surface area contributed by atoms with Gasteiger partial charge in [0.15, 0.2) is 5.65 Å². The van der Waals surface area contributed by atoms with Crippen molar-refractivity contribution < 1.29 is 0 Å². The molecule has 0 unspecified atom stereocenters. The lowest BCUT2D eigenvalue weighted by atomic mass is 9.97. The molecule has 5 heteroatoms. The Labute approximate surface area is 131 Å². The van der Waals surface area contributed by atoms with Gasteiger partial charge in [0.1, 0.15) is 5.82 Å². The Balaban J connectivity index is 1.54. The van der Waals surface area contributed by atoms with Crippen LogP contribution in [-0.4, -0.2) is 51.2 Å². The van der Waals surface area contributed by atoms with E-state index in [4.69, 9.17) is 0 Å². The van der Waals surface area contributed by atoms with Crippen LogP contribution in [0.3, 0.4) is 0 Å². The van der Waals surface area contributed by atoms with Crippen molar-refractivity contribution in [3.8, 4) is 0 Å². The zero-order chi connectivity index (χ0) is 15.1. The predicted octanol–water partition coefficient (Wildman–Crippen LogP) is 2.35. The van der Waals surface area contributed by atoms with Crippen molar-refractivity contribution in [3.63, 3.8) is 0 Å². The summed E-state index contributed by atoms with van der Waals surface area (Å²) in [7, 11) is 0. The molecule has 0 N–H and O–H groups in total. The van der Waals surface area contributed by atoms with E-state index in [1.54, 1.807) is 0 Å². The van der Waals surface area contributed by atoms with E-state index >= 15 is 0 Å². The van der Waals surface area contributed by atoms with Crippen molar-refractivity contribution in [1.82, 2.24) is 19.5 Å². The lowest BCUT2D eigenvalue weighted by molar-refractivity contribution is 0.0871. The van der Waals surface area contributed by atoms with Gasteiger partial charge >= 0.3 is 0 Å². The molecule has 118 valence electrons. The Hall–Kier alpha value is -1.62. The molecule has 4 rings (SSSR count). The van der Waals surface area contributed by atoms with Gasteiger partial charge in [-0.1, -0.05) is 13.3 Å². The maximum Gasteiger partial charge on any atom is 0.157 e. The molecule has 22 heavy (non-hydrogen) atoms. The smallest absolute Gasteiger partial charge is 0.157 e. The Morgan fingerprint density at radius 2 is 2.14 bits per heavy atom. The van der Waals surface area contributed by atoms with Crippen LogP contribution >= 0.6 is 0 Å². The number of anilines is 1. The standard InChI is InChI=1S/C17H25N5/c1-3-14-10-17(22-16(19-14)7-8-18-22)20-11-15(12-20)21-9-5-4-6-13(21)2/h7-8,10,13,15H,3-6,9,11-12H2,1-2H3/t13-/m1/s1. The number of rotatable bonds is 3. The van der Waals surface area contributed by atoms with Gasteiger partial charge in [0, 0.05) is 43.0 Å². The summed E-state index contributed by atoms with van der Waals surface area (Å²) in [6.07, 6.45) is 6.92. The van der Waals surface area contributed by atoms with Gasteiger partial charge < -0.3 is 4.90 Å². The quantitative estimate of drug-likeness (QED) is 0.872. The monoisotopic (exact) mass is 299 g/mol. The van der Waals surface area contributed by atoms with Gasteiger partial charge in [-0.05, 0) is 32.7 Å². The Morgan fingerprint density at radius 3 is 2.91 bits per heavy atom. The van der Waals surface area contributed by atoms with Gasteiger partial charge in [0.25, 0.3) is 0 Å². The molecule has 2 aliphatic rings. The Morgan fingerprint density at radius 1 is 1.27 bits per heavy atom. The number of nitrogens with zero attached hydrogens (tertiary/aromatic N) is 5. The first-order valence-corrected chi connectivity index (χ1v) is 8.60. The van der Waals surface area contributed by atoms with Crippen LogP contribution in [0.15, 0.2) is 18.3 Å². The summed E-state index contributed by atoms with van der Waals surface area (Å²) >= 11 is 0. The van der Waals surface area contributed by atoms with Crippen molar-refractivity contribution in [3.05, 3.63) is 24.0 Å². The molecular formula is C17H25N5. The molecule has 2 aromatic heterocycles. The van der Waals surface area contributed by atoms with Crippen LogP contribution in [0.25, 0.3) is 5.65 Å². The van der Waals surface area contributed by atoms with E-state index in [1.807, 2.05) is 16.8 Å². The number of hydrogen-bond acceptors (Lipinski definition) is 4. The summed E-state index contributed by atoms with van der Waals surface area (Å²) in [6, 6.07) is 5.65. The summed E-state index contributed by atoms with van der Waals surface area (Å²) in [5, 5.41) is 4.45. The molecule has 1 atom stereocenters. The molecule has 2 fully saturated rings.